The average molecular weight is 319 g/mol. The van der Waals surface area contributed by atoms with E-state index in [1.54, 1.807) is 34.8 Å². The lowest BCUT2D eigenvalue weighted by Gasteiger charge is -2.38. The monoisotopic (exact) mass is 319 g/mol. The molecule has 6 heteroatoms. The molecule has 0 saturated carbocycles. The molecule has 0 aliphatic carbocycles. The van der Waals surface area contributed by atoms with Gasteiger partial charge in [0.15, 0.2) is 0 Å². The smallest absolute Gasteiger partial charge is 0.244 e. The fourth-order valence-electron chi connectivity index (χ4n) is 3.29. The van der Waals surface area contributed by atoms with E-state index < -0.39 is 10.0 Å². The van der Waals surface area contributed by atoms with E-state index in [9.17, 15) is 8.42 Å². The van der Waals surface area contributed by atoms with Crippen LogP contribution in [0.3, 0.4) is 0 Å². The number of piperidine rings is 1. The van der Waals surface area contributed by atoms with Crippen LogP contribution in [-0.4, -0.2) is 36.8 Å². The van der Waals surface area contributed by atoms with Crippen molar-refractivity contribution in [3.8, 4) is 0 Å². The normalized spacial score (nSPS) is 23.7. The third-order valence-corrected chi connectivity index (χ3v) is 6.48. The molecule has 22 heavy (non-hydrogen) atoms. The van der Waals surface area contributed by atoms with Crippen molar-refractivity contribution in [2.24, 2.45) is 11.7 Å². The number of fused-ring (bicyclic) bond motifs is 1. The van der Waals surface area contributed by atoms with E-state index in [2.05, 4.69) is 11.9 Å². The maximum atomic E-state index is 13.2. The minimum atomic E-state index is -3.57. The Labute approximate surface area is 131 Å². The first kappa shape index (κ1) is 15.4. The number of benzene rings is 1. The molecular weight excluding hydrogens is 298 g/mol. The zero-order valence-electron chi connectivity index (χ0n) is 12.6. The fourth-order valence-corrected chi connectivity index (χ4v) is 5.26. The lowest BCUT2D eigenvalue weighted by Crippen LogP contribution is -2.51. The van der Waals surface area contributed by atoms with Crippen LogP contribution in [0.1, 0.15) is 19.8 Å². The summed E-state index contributed by atoms with van der Waals surface area (Å²) in [5.41, 5.74) is 6.55. The molecule has 0 radical (unpaired) electrons. The van der Waals surface area contributed by atoms with E-state index in [0.29, 0.717) is 28.9 Å². The van der Waals surface area contributed by atoms with E-state index in [1.165, 1.54) is 0 Å². The zero-order chi connectivity index (χ0) is 15.7. The van der Waals surface area contributed by atoms with Gasteiger partial charge >= 0.3 is 0 Å². The first-order valence-electron chi connectivity index (χ1n) is 7.61. The third-order valence-electron chi connectivity index (χ3n) is 4.50. The molecule has 2 heterocycles. The molecule has 1 aromatic heterocycles. The molecule has 118 valence electrons. The largest absolute Gasteiger partial charge is 0.329 e. The molecule has 2 atom stereocenters. The summed E-state index contributed by atoms with van der Waals surface area (Å²) < 4.78 is 27.9. The standard InChI is InChI=1S/C16H21N3O2S/c1-12-5-4-10-19(15(12)11-17)22(20,21)16-8-2-7-14-13(16)6-3-9-18-14/h2-3,6-9,12,15H,4-5,10-11,17H2,1H3/t12-,15+/m0/s1. The summed E-state index contributed by atoms with van der Waals surface area (Å²) in [6.07, 6.45) is 3.56. The first-order valence-corrected chi connectivity index (χ1v) is 9.05. The molecule has 1 aliphatic rings. The second-order valence-electron chi connectivity index (χ2n) is 5.86. The van der Waals surface area contributed by atoms with Crippen molar-refractivity contribution in [2.45, 2.75) is 30.7 Å². The van der Waals surface area contributed by atoms with Crippen LogP contribution in [0.2, 0.25) is 0 Å². The molecule has 0 spiro atoms. The Hall–Kier alpha value is -1.50. The van der Waals surface area contributed by atoms with Gasteiger partial charge < -0.3 is 5.73 Å². The van der Waals surface area contributed by atoms with Gasteiger partial charge in [0, 0.05) is 30.7 Å². The summed E-state index contributed by atoms with van der Waals surface area (Å²) in [5, 5.41) is 0.666. The minimum absolute atomic E-state index is 0.134. The highest BCUT2D eigenvalue weighted by molar-refractivity contribution is 7.89. The number of nitrogens with two attached hydrogens (primary N) is 1. The fraction of sp³-hybridized carbons (Fsp3) is 0.438. The molecule has 0 bridgehead atoms. The SMILES string of the molecule is C[C@H]1CCCN(S(=O)(=O)c2cccc3ncccc23)[C@@H]1CN. The van der Waals surface area contributed by atoms with Crippen LogP contribution in [0.25, 0.3) is 10.9 Å². The van der Waals surface area contributed by atoms with Crippen LogP contribution >= 0.6 is 0 Å². The van der Waals surface area contributed by atoms with Crippen molar-refractivity contribution in [1.82, 2.24) is 9.29 Å². The highest BCUT2D eigenvalue weighted by atomic mass is 32.2. The molecule has 2 N–H and O–H groups in total. The highest BCUT2D eigenvalue weighted by Crippen LogP contribution is 2.31. The van der Waals surface area contributed by atoms with E-state index in [-0.39, 0.29) is 12.0 Å². The van der Waals surface area contributed by atoms with Gasteiger partial charge in [0.05, 0.1) is 10.4 Å². The van der Waals surface area contributed by atoms with E-state index in [4.69, 9.17) is 5.73 Å². The van der Waals surface area contributed by atoms with Gasteiger partial charge in [0.1, 0.15) is 0 Å². The van der Waals surface area contributed by atoms with E-state index >= 15 is 0 Å². The van der Waals surface area contributed by atoms with Gasteiger partial charge in [-0.1, -0.05) is 13.0 Å². The number of hydrogen-bond acceptors (Lipinski definition) is 4. The first-order chi connectivity index (χ1) is 10.6. The Kier molecular flexibility index (Phi) is 4.16. The molecular formula is C16H21N3O2S. The predicted molar refractivity (Wildman–Crippen MR) is 86.9 cm³/mol. The van der Waals surface area contributed by atoms with Gasteiger partial charge in [-0.3, -0.25) is 4.98 Å². The molecule has 1 aromatic carbocycles. The number of nitrogens with zero attached hydrogens (tertiary/aromatic N) is 2. The summed E-state index contributed by atoms with van der Waals surface area (Å²) in [6.45, 7) is 2.96. The lowest BCUT2D eigenvalue weighted by atomic mass is 9.93. The van der Waals surface area contributed by atoms with Crippen molar-refractivity contribution in [3.05, 3.63) is 36.5 Å². The van der Waals surface area contributed by atoms with Crippen molar-refractivity contribution >= 4 is 20.9 Å². The summed E-state index contributed by atoms with van der Waals surface area (Å²) in [6, 6.07) is 8.67. The van der Waals surface area contributed by atoms with Gasteiger partial charge in [-0.25, -0.2) is 8.42 Å². The molecule has 0 amide bonds. The Morgan fingerprint density at radius 1 is 1.32 bits per heavy atom. The number of sulfonamides is 1. The highest BCUT2D eigenvalue weighted by Gasteiger charge is 2.37. The minimum Gasteiger partial charge on any atom is -0.329 e. The van der Waals surface area contributed by atoms with Crippen LogP contribution in [0.15, 0.2) is 41.4 Å². The van der Waals surface area contributed by atoms with Crippen LogP contribution in [0, 0.1) is 5.92 Å². The summed E-state index contributed by atoms with van der Waals surface area (Å²) in [5.74, 6) is 0.279. The van der Waals surface area contributed by atoms with Crippen molar-refractivity contribution in [1.29, 1.82) is 0 Å². The van der Waals surface area contributed by atoms with Crippen molar-refractivity contribution < 1.29 is 8.42 Å². The third kappa shape index (κ3) is 2.51. The van der Waals surface area contributed by atoms with Crippen molar-refractivity contribution in [2.75, 3.05) is 13.1 Å². The lowest BCUT2D eigenvalue weighted by molar-refractivity contribution is 0.192. The average Bonchev–Trinajstić information content (AvgIpc) is 2.54. The Morgan fingerprint density at radius 3 is 2.91 bits per heavy atom. The molecule has 3 rings (SSSR count). The quantitative estimate of drug-likeness (QED) is 0.938. The van der Waals surface area contributed by atoms with Crippen LogP contribution in [-0.2, 0) is 10.0 Å². The Balaban J connectivity index is 2.12. The molecule has 0 unspecified atom stereocenters. The Morgan fingerprint density at radius 2 is 2.14 bits per heavy atom. The second kappa shape index (κ2) is 5.95. The molecule has 5 nitrogen and oxygen atoms in total. The molecule has 1 fully saturated rings. The molecule has 1 aliphatic heterocycles. The van der Waals surface area contributed by atoms with Crippen molar-refractivity contribution in [3.63, 3.8) is 0 Å². The van der Waals surface area contributed by atoms with Crippen LogP contribution < -0.4 is 5.73 Å². The van der Waals surface area contributed by atoms with Gasteiger partial charge in [0.2, 0.25) is 10.0 Å². The second-order valence-corrected chi connectivity index (χ2v) is 7.72. The topological polar surface area (TPSA) is 76.3 Å². The van der Waals surface area contributed by atoms with E-state index in [0.717, 1.165) is 12.8 Å². The maximum absolute atomic E-state index is 13.2. The number of aromatic nitrogens is 1. The van der Waals surface area contributed by atoms with Crippen LogP contribution in [0.4, 0.5) is 0 Å². The number of pyridine rings is 1. The number of rotatable bonds is 3. The molecule has 1 saturated heterocycles. The maximum Gasteiger partial charge on any atom is 0.244 e. The van der Waals surface area contributed by atoms with E-state index in [1.807, 2.05) is 6.07 Å². The Bertz CT molecular complexity index is 771. The van der Waals surface area contributed by atoms with Gasteiger partial charge in [-0.15, -0.1) is 0 Å². The van der Waals surface area contributed by atoms with Gasteiger partial charge in [-0.2, -0.15) is 4.31 Å². The summed E-state index contributed by atoms with van der Waals surface area (Å²) in [4.78, 5) is 4.57. The van der Waals surface area contributed by atoms with Gasteiger partial charge in [0.25, 0.3) is 0 Å². The summed E-state index contributed by atoms with van der Waals surface area (Å²) in [7, 11) is -3.57. The predicted octanol–water partition coefficient (Wildman–Crippen LogP) is 1.98. The molecule has 2 aromatic rings. The number of hydrogen-bond donors (Lipinski definition) is 1. The summed E-state index contributed by atoms with van der Waals surface area (Å²) >= 11 is 0. The van der Waals surface area contributed by atoms with Crippen LogP contribution in [0.5, 0.6) is 0 Å². The zero-order valence-corrected chi connectivity index (χ0v) is 13.5. The van der Waals surface area contributed by atoms with Gasteiger partial charge in [-0.05, 0) is 43.0 Å².